The van der Waals surface area contributed by atoms with Crippen molar-refractivity contribution in [2.75, 3.05) is 13.2 Å². The molecule has 1 amide bonds. The van der Waals surface area contributed by atoms with Crippen molar-refractivity contribution >= 4 is 29.2 Å². The number of nitrogens with one attached hydrogen (secondary N) is 1. The summed E-state index contributed by atoms with van der Waals surface area (Å²) < 4.78 is 4.63. The molecule has 0 aliphatic heterocycles. The summed E-state index contributed by atoms with van der Waals surface area (Å²) in [6.07, 6.45) is 0. The second-order valence-electron chi connectivity index (χ2n) is 3.38. The Labute approximate surface area is 113 Å². The molecule has 19 heavy (non-hydrogen) atoms. The molecule has 0 saturated heterocycles. The van der Waals surface area contributed by atoms with Gasteiger partial charge < -0.3 is 10.1 Å². The Kier molecular flexibility index (Phi) is 5.25. The lowest BCUT2D eigenvalue weighted by atomic mass is 10.2. The number of nitrogens with zero attached hydrogens (tertiary/aromatic N) is 1. The van der Waals surface area contributed by atoms with E-state index in [1.54, 1.807) is 6.92 Å². The third kappa shape index (κ3) is 3.92. The van der Waals surface area contributed by atoms with Crippen LogP contribution in [0, 0.1) is 10.1 Å². The number of benzene rings is 1. The van der Waals surface area contributed by atoms with E-state index >= 15 is 0 Å². The van der Waals surface area contributed by atoms with Gasteiger partial charge in [-0.25, -0.2) is 0 Å². The highest BCUT2D eigenvalue weighted by Gasteiger charge is 2.20. The minimum absolute atomic E-state index is 0.0693. The normalized spacial score (nSPS) is 9.79. The number of carbonyl (C=O) groups excluding carboxylic acids is 2. The van der Waals surface area contributed by atoms with Crippen LogP contribution in [0.25, 0.3) is 0 Å². The van der Waals surface area contributed by atoms with Crippen molar-refractivity contribution in [3.63, 3.8) is 0 Å². The highest BCUT2D eigenvalue weighted by Crippen LogP contribution is 2.27. The van der Waals surface area contributed by atoms with E-state index in [0.29, 0.717) is 0 Å². The minimum Gasteiger partial charge on any atom is -0.465 e. The van der Waals surface area contributed by atoms with Crippen molar-refractivity contribution in [2.45, 2.75) is 6.92 Å². The maximum Gasteiger partial charge on any atom is 0.325 e. The van der Waals surface area contributed by atoms with Gasteiger partial charge in [-0.3, -0.25) is 19.7 Å². The van der Waals surface area contributed by atoms with Crippen LogP contribution in [0.2, 0.25) is 5.02 Å². The van der Waals surface area contributed by atoms with Gasteiger partial charge in [-0.1, -0.05) is 17.7 Å². The predicted molar refractivity (Wildman–Crippen MR) is 67.1 cm³/mol. The first-order chi connectivity index (χ1) is 8.97. The molecule has 0 unspecified atom stereocenters. The summed E-state index contributed by atoms with van der Waals surface area (Å²) in [6, 6.07) is 3.85. The molecular weight excluding hydrogens is 276 g/mol. The van der Waals surface area contributed by atoms with E-state index in [-0.39, 0.29) is 29.4 Å². The maximum absolute atomic E-state index is 11.7. The number of halogens is 1. The lowest BCUT2D eigenvalue weighted by Crippen LogP contribution is -2.30. The van der Waals surface area contributed by atoms with Gasteiger partial charge in [-0.15, -0.1) is 0 Å². The Morgan fingerprint density at radius 2 is 2.16 bits per heavy atom. The van der Waals surface area contributed by atoms with E-state index in [1.807, 2.05) is 0 Å². The second-order valence-corrected chi connectivity index (χ2v) is 3.76. The molecule has 8 heteroatoms. The molecule has 0 aromatic heterocycles. The summed E-state index contributed by atoms with van der Waals surface area (Å²) >= 11 is 5.76. The smallest absolute Gasteiger partial charge is 0.325 e. The van der Waals surface area contributed by atoms with Crippen LogP contribution in [0.5, 0.6) is 0 Å². The Hall–Kier alpha value is -2.15. The number of ether oxygens (including phenoxy) is 1. The summed E-state index contributed by atoms with van der Waals surface area (Å²) in [4.78, 5) is 32.8. The molecule has 1 aromatic carbocycles. The average Bonchev–Trinajstić information content (AvgIpc) is 2.36. The van der Waals surface area contributed by atoms with Crippen molar-refractivity contribution in [3.05, 3.63) is 38.9 Å². The fourth-order valence-corrected chi connectivity index (χ4v) is 1.58. The Morgan fingerprint density at radius 1 is 1.47 bits per heavy atom. The van der Waals surface area contributed by atoms with Gasteiger partial charge in [0.25, 0.3) is 11.6 Å². The van der Waals surface area contributed by atoms with Gasteiger partial charge in [0.05, 0.1) is 17.1 Å². The molecule has 1 aromatic rings. The van der Waals surface area contributed by atoms with Crippen LogP contribution in [0.4, 0.5) is 5.69 Å². The van der Waals surface area contributed by atoms with E-state index in [4.69, 9.17) is 11.6 Å². The first kappa shape index (κ1) is 14.9. The Bertz CT molecular complexity index is 518. The zero-order valence-electron chi connectivity index (χ0n) is 10.0. The number of nitro groups is 1. The van der Waals surface area contributed by atoms with Crippen molar-refractivity contribution in [3.8, 4) is 0 Å². The molecule has 0 saturated carbocycles. The lowest BCUT2D eigenvalue weighted by molar-refractivity contribution is -0.384. The molecular formula is C11H11ClN2O5. The van der Waals surface area contributed by atoms with Crippen LogP contribution in [0.3, 0.4) is 0 Å². The van der Waals surface area contributed by atoms with Gasteiger partial charge in [-0.2, -0.15) is 0 Å². The summed E-state index contributed by atoms with van der Waals surface area (Å²) in [7, 11) is 0. The summed E-state index contributed by atoms with van der Waals surface area (Å²) in [5.74, 6) is -1.28. The molecule has 1 rings (SSSR count). The number of hydrogen-bond donors (Lipinski definition) is 1. The van der Waals surface area contributed by atoms with E-state index in [1.165, 1.54) is 18.2 Å². The first-order valence-corrected chi connectivity index (χ1v) is 5.71. The Morgan fingerprint density at radius 3 is 2.74 bits per heavy atom. The van der Waals surface area contributed by atoms with Gasteiger partial charge in [0.15, 0.2) is 0 Å². The van der Waals surface area contributed by atoms with Crippen LogP contribution in [-0.2, 0) is 9.53 Å². The molecule has 0 bridgehead atoms. The fraction of sp³-hybridized carbons (Fsp3) is 0.273. The molecule has 0 heterocycles. The van der Waals surface area contributed by atoms with E-state index in [0.717, 1.165) is 0 Å². The van der Waals surface area contributed by atoms with Crippen LogP contribution >= 0.6 is 11.6 Å². The minimum atomic E-state index is -0.690. The second kappa shape index (κ2) is 6.69. The van der Waals surface area contributed by atoms with Gasteiger partial charge >= 0.3 is 5.97 Å². The number of esters is 1. The highest BCUT2D eigenvalue weighted by molar-refractivity contribution is 6.35. The summed E-state index contributed by atoms with van der Waals surface area (Å²) in [5.41, 5.74) is -0.439. The predicted octanol–water partition coefficient (Wildman–Crippen LogP) is 1.54. The van der Waals surface area contributed by atoms with E-state index in [2.05, 4.69) is 10.1 Å². The molecule has 0 spiro atoms. The Balaban J connectivity index is 2.80. The number of carbonyl (C=O) groups is 2. The van der Waals surface area contributed by atoms with E-state index < -0.39 is 16.8 Å². The van der Waals surface area contributed by atoms with E-state index in [9.17, 15) is 19.7 Å². The van der Waals surface area contributed by atoms with Crippen LogP contribution in [-0.4, -0.2) is 30.0 Å². The SMILES string of the molecule is CCOC(=O)CNC(=O)c1cccc([N+](=O)[O-])c1Cl. The van der Waals surface area contributed by atoms with Crippen molar-refractivity contribution in [1.82, 2.24) is 5.32 Å². The summed E-state index contributed by atoms with van der Waals surface area (Å²) in [5, 5.41) is 12.7. The van der Waals surface area contributed by atoms with Crippen LogP contribution < -0.4 is 5.32 Å². The number of amides is 1. The van der Waals surface area contributed by atoms with Crippen molar-refractivity contribution < 1.29 is 19.2 Å². The third-order valence-corrected chi connectivity index (χ3v) is 2.52. The molecule has 0 radical (unpaired) electrons. The first-order valence-electron chi connectivity index (χ1n) is 5.34. The van der Waals surface area contributed by atoms with Gasteiger partial charge in [0.2, 0.25) is 0 Å². The quantitative estimate of drug-likeness (QED) is 0.503. The third-order valence-electron chi connectivity index (χ3n) is 2.12. The topological polar surface area (TPSA) is 98.5 Å². The molecule has 0 aliphatic rings. The largest absolute Gasteiger partial charge is 0.465 e. The van der Waals surface area contributed by atoms with Gasteiger partial charge in [0, 0.05) is 6.07 Å². The van der Waals surface area contributed by atoms with Gasteiger partial charge in [0.1, 0.15) is 11.6 Å². The highest BCUT2D eigenvalue weighted by atomic mass is 35.5. The molecule has 7 nitrogen and oxygen atoms in total. The monoisotopic (exact) mass is 286 g/mol. The van der Waals surface area contributed by atoms with Crippen LogP contribution in [0.1, 0.15) is 17.3 Å². The molecule has 0 aliphatic carbocycles. The summed E-state index contributed by atoms with van der Waals surface area (Å²) in [6.45, 7) is 1.51. The van der Waals surface area contributed by atoms with Crippen molar-refractivity contribution in [1.29, 1.82) is 0 Å². The zero-order chi connectivity index (χ0) is 14.4. The standard InChI is InChI=1S/C11H11ClN2O5/c1-2-19-9(15)6-13-11(16)7-4-3-5-8(10(7)12)14(17)18/h3-5H,2,6H2,1H3,(H,13,16). The molecule has 0 atom stereocenters. The van der Waals surface area contributed by atoms with Gasteiger partial charge in [-0.05, 0) is 13.0 Å². The zero-order valence-corrected chi connectivity index (χ0v) is 10.8. The molecule has 1 N–H and O–H groups in total. The van der Waals surface area contributed by atoms with Crippen LogP contribution in [0.15, 0.2) is 18.2 Å². The fourth-order valence-electron chi connectivity index (χ4n) is 1.30. The molecule has 102 valence electrons. The number of nitro benzene ring substituents is 1. The number of rotatable bonds is 5. The lowest BCUT2D eigenvalue weighted by Gasteiger charge is -2.06. The average molecular weight is 287 g/mol. The molecule has 0 fully saturated rings. The maximum atomic E-state index is 11.7. The van der Waals surface area contributed by atoms with Crippen molar-refractivity contribution in [2.24, 2.45) is 0 Å². The number of hydrogen-bond acceptors (Lipinski definition) is 5.